The van der Waals surface area contributed by atoms with Crippen LogP contribution in [0, 0.1) is 0 Å². The van der Waals surface area contributed by atoms with Crippen LogP contribution in [0.3, 0.4) is 0 Å². The summed E-state index contributed by atoms with van der Waals surface area (Å²) in [5.74, 6) is 0.371. The topological polar surface area (TPSA) is 34.1 Å². The minimum absolute atomic E-state index is 0.158. The van der Waals surface area contributed by atoms with Gasteiger partial charge in [-0.05, 0) is 19.8 Å². The summed E-state index contributed by atoms with van der Waals surface area (Å²) in [7, 11) is -2.78. The maximum absolute atomic E-state index is 11.4. The van der Waals surface area contributed by atoms with Gasteiger partial charge in [-0.25, -0.2) is 8.42 Å². The molecule has 0 heterocycles. The van der Waals surface area contributed by atoms with Crippen molar-refractivity contribution in [3.63, 3.8) is 0 Å². The zero-order valence-corrected chi connectivity index (χ0v) is 9.15. The van der Waals surface area contributed by atoms with Crippen LogP contribution in [0.2, 0.25) is 0 Å². The van der Waals surface area contributed by atoms with E-state index in [1.807, 2.05) is 6.92 Å². The number of unbranched alkanes of at least 4 members (excludes halogenated alkanes) is 2. The Labute approximate surface area is 76.3 Å². The fourth-order valence-corrected chi connectivity index (χ4v) is 2.53. The van der Waals surface area contributed by atoms with E-state index in [0.29, 0.717) is 5.75 Å². The van der Waals surface area contributed by atoms with Crippen molar-refractivity contribution < 1.29 is 8.42 Å². The Kier molecular flexibility index (Phi) is 5.55. The third-order valence-electron chi connectivity index (χ3n) is 2.22. The van der Waals surface area contributed by atoms with Gasteiger partial charge in [0.05, 0.1) is 11.0 Å². The average molecular weight is 192 g/mol. The van der Waals surface area contributed by atoms with Gasteiger partial charge in [0.2, 0.25) is 0 Å². The lowest BCUT2D eigenvalue weighted by molar-refractivity contribution is 0.576. The van der Waals surface area contributed by atoms with Crippen molar-refractivity contribution in [3.05, 3.63) is 0 Å². The van der Waals surface area contributed by atoms with Gasteiger partial charge < -0.3 is 0 Å². The maximum atomic E-state index is 11.4. The van der Waals surface area contributed by atoms with Crippen molar-refractivity contribution in [2.24, 2.45) is 0 Å². The Bertz CT molecular complexity index is 195. The number of hydrogen-bond acceptors (Lipinski definition) is 2. The molecule has 0 fully saturated rings. The molecule has 0 aromatic heterocycles. The van der Waals surface area contributed by atoms with Crippen LogP contribution < -0.4 is 0 Å². The fourth-order valence-electron chi connectivity index (χ4n) is 1.01. The van der Waals surface area contributed by atoms with Crippen molar-refractivity contribution in [2.75, 3.05) is 5.75 Å². The van der Waals surface area contributed by atoms with E-state index < -0.39 is 9.84 Å². The summed E-state index contributed by atoms with van der Waals surface area (Å²) in [4.78, 5) is 0. The first-order chi connectivity index (χ1) is 5.54. The van der Waals surface area contributed by atoms with Crippen LogP contribution in [0.4, 0.5) is 0 Å². The second-order valence-electron chi connectivity index (χ2n) is 3.29. The monoisotopic (exact) mass is 192 g/mol. The Morgan fingerprint density at radius 2 is 1.75 bits per heavy atom. The van der Waals surface area contributed by atoms with E-state index in [1.165, 1.54) is 0 Å². The highest BCUT2D eigenvalue weighted by Crippen LogP contribution is 2.08. The molecular formula is C9H20O2S. The molecule has 0 aliphatic carbocycles. The third kappa shape index (κ3) is 4.10. The van der Waals surface area contributed by atoms with Crippen LogP contribution in [-0.4, -0.2) is 19.4 Å². The van der Waals surface area contributed by atoms with Gasteiger partial charge in [-0.3, -0.25) is 0 Å². The molecule has 0 radical (unpaired) electrons. The van der Waals surface area contributed by atoms with E-state index in [-0.39, 0.29) is 5.25 Å². The van der Waals surface area contributed by atoms with E-state index in [0.717, 1.165) is 25.7 Å². The second-order valence-corrected chi connectivity index (χ2v) is 5.83. The molecule has 0 saturated carbocycles. The Hall–Kier alpha value is -0.0500. The molecule has 0 rings (SSSR count). The first-order valence-electron chi connectivity index (χ1n) is 4.76. The van der Waals surface area contributed by atoms with Gasteiger partial charge in [-0.15, -0.1) is 0 Å². The first-order valence-corrected chi connectivity index (χ1v) is 6.47. The number of rotatable bonds is 6. The molecule has 1 atom stereocenters. The molecule has 0 saturated heterocycles. The fraction of sp³-hybridized carbons (Fsp3) is 1.00. The molecule has 0 spiro atoms. The van der Waals surface area contributed by atoms with Crippen LogP contribution in [-0.2, 0) is 9.84 Å². The summed E-state index contributed by atoms with van der Waals surface area (Å²) in [5, 5.41) is -0.158. The summed E-state index contributed by atoms with van der Waals surface area (Å²) in [6, 6.07) is 0. The second kappa shape index (κ2) is 5.57. The van der Waals surface area contributed by atoms with Gasteiger partial charge in [0.1, 0.15) is 0 Å². The lowest BCUT2D eigenvalue weighted by atomic mass is 10.3. The van der Waals surface area contributed by atoms with Gasteiger partial charge in [-0.2, -0.15) is 0 Å². The SMILES string of the molecule is CCCCCS(=O)(=O)C(C)CC. The quantitative estimate of drug-likeness (QED) is 0.606. The summed E-state index contributed by atoms with van der Waals surface area (Å²) in [6.07, 6.45) is 3.66. The molecular weight excluding hydrogens is 172 g/mol. The smallest absolute Gasteiger partial charge is 0.152 e. The van der Waals surface area contributed by atoms with E-state index >= 15 is 0 Å². The van der Waals surface area contributed by atoms with E-state index in [4.69, 9.17) is 0 Å². The van der Waals surface area contributed by atoms with Crippen molar-refractivity contribution >= 4 is 9.84 Å². The summed E-state index contributed by atoms with van der Waals surface area (Å²) in [6.45, 7) is 5.79. The highest BCUT2D eigenvalue weighted by Gasteiger charge is 2.17. The van der Waals surface area contributed by atoms with Crippen LogP contribution in [0.5, 0.6) is 0 Å². The van der Waals surface area contributed by atoms with Crippen LogP contribution >= 0.6 is 0 Å². The van der Waals surface area contributed by atoms with Crippen molar-refractivity contribution in [2.45, 2.75) is 51.7 Å². The predicted molar refractivity (Wildman–Crippen MR) is 53.1 cm³/mol. The molecule has 3 heteroatoms. The largest absolute Gasteiger partial charge is 0.229 e. The molecule has 0 N–H and O–H groups in total. The van der Waals surface area contributed by atoms with Crippen LogP contribution in [0.25, 0.3) is 0 Å². The summed E-state index contributed by atoms with van der Waals surface area (Å²) >= 11 is 0. The van der Waals surface area contributed by atoms with Gasteiger partial charge in [0.15, 0.2) is 9.84 Å². The number of sulfone groups is 1. The molecule has 0 aliphatic heterocycles. The Balaban J connectivity index is 3.88. The minimum atomic E-state index is -2.78. The highest BCUT2D eigenvalue weighted by molar-refractivity contribution is 7.91. The Morgan fingerprint density at radius 3 is 2.17 bits per heavy atom. The van der Waals surface area contributed by atoms with Crippen molar-refractivity contribution in [1.29, 1.82) is 0 Å². The van der Waals surface area contributed by atoms with Gasteiger partial charge in [0.25, 0.3) is 0 Å². The minimum Gasteiger partial charge on any atom is -0.229 e. The molecule has 0 aromatic rings. The summed E-state index contributed by atoms with van der Waals surface area (Å²) < 4.78 is 22.9. The molecule has 74 valence electrons. The Morgan fingerprint density at radius 1 is 1.17 bits per heavy atom. The first kappa shape index (κ1) is 11.9. The highest BCUT2D eigenvalue weighted by atomic mass is 32.2. The van der Waals surface area contributed by atoms with Gasteiger partial charge in [-0.1, -0.05) is 26.7 Å². The molecule has 0 aliphatic rings. The van der Waals surface area contributed by atoms with Gasteiger partial charge in [0, 0.05) is 0 Å². The predicted octanol–water partition coefficient (Wildman–Crippen LogP) is 2.39. The zero-order chi connectivity index (χ0) is 9.61. The lowest BCUT2D eigenvalue weighted by Gasteiger charge is -2.09. The lowest BCUT2D eigenvalue weighted by Crippen LogP contribution is -2.20. The molecule has 12 heavy (non-hydrogen) atoms. The number of hydrogen-bond donors (Lipinski definition) is 0. The standard InChI is InChI=1S/C9H20O2S/c1-4-6-7-8-12(10,11)9(3)5-2/h9H,4-8H2,1-3H3. The van der Waals surface area contributed by atoms with Crippen molar-refractivity contribution in [1.82, 2.24) is 0 Å². The van der Waals surface area contributed by atoms with Crippen LogP contribution in [0.15, 0.2) is 0 Å². The molecule has 1 unspecified atom stereocenters. The van der Waals surface area contributed by atoms with Crippen LogP contribution in [0.1, 0.15) is 46.5 Å². The average Bonchev–Trinajstić information content (AvgIpc) is 2.03. The van der Waals surface area contributed by atoms with Gasteiger partial charge >= 0.3 is 0 Å². The van der Waals surface area contributed by atoms with E-state index in [9.17, 15) is 8.42 Å². The molecule has 0 bridgehead atoms. The normalized spacial score (nSPS) is 14.6. The maximum Gasteiger partial charge on any atom is 0.152 e. The molecule has 0 aromatic carbocycles. The molecule has 2 nitrogen and oxygen atoms in total. The zero-order valence-electron chi connectivity index (χ0n) is 8.34. The third-order valence-corrected chi connectivity index (χ3v) is 4.64. The van der Waals surface area contributed by atoms with E-state index in [1.54, 1.807) is 6.92 Å². The van der Waals surface area contributed by atoms with Crippen molar-refractivity contribution in [3.8, 4) is 0 Å². The molecule has 0 amide bonds. The van der Waals surface area contributed by atoms with E-state index in [2.05, 4.69) is 6.92 Å². The summed E-state index contributed by atoms with van der Waals surface area (Å²) in [5.41, 5.74) is 0.